The molecule has 182 valence electrons. The molecule has 0 amide bonds. The van der Waals surface area contributed by atoms with Crippen LogP contribution >= 0.6 is 0 Å². The van der Waals surface area contributed by atoms with Crippen molar-refractivity contribution in [2.75, 3.05) is 13.2 Å². The highest BCUT2D eigenvalue weighted by Crippen LogP contribution is 2.30. The molecule has 0 radical (unpaired) electrons. The predicted octanol–water partition coefficient (Wildman–Crippen LogP) is -0.0264. The van der Waals surface area contributed by atoms with Crippen molar-refractivity contribution >= 4 is 23.9 Å². The Morgan fingerprint density at radius 3 is 2.00 bits per heavy atom. The second-order valence-electron chi connectivity index (χ2n) is 7.57. The molecule has 2 aliphatic heterocycles. The fraction of sp³-hybridized carbons (Fsp3) is 0.800. The first kappa shape index (κ1) is 26.0. The second-order valence-corrected chi connectivity index (χ2v) is 7.57. The van der Waals surface area contributed by atoms with Gasteiger partial charge in [-0.2, -0.15) is 0 Å². The third-order valence-electron chi connectivity index (χ3n) is 4.72. The molecule has 2 aliphatic rings. The molecule has 7 atom stereocenters. The van der Waals surface area contributed by atoms with Crippen molar-refractivity contribution in [2.45, 2.75) is 90.1 Å². The van der Waals surface area contributed by atoms with Crippen molar-refractivity contribution in [3.8, 4) is 0 Å². The highest BCUT2D eigenvalue weighted by atomic mass is 16.8. The highest BCUT2D eigenvalue weighted by molar-refractivity contribution is 5.67. The maximum Gasteiger partial charge on any atom is 0.303 e. The van der Waals surface area contributed by atoms with Crippen LogP contribution < -0.4 is 0 Å². The molecule has 0 aromatic heterocycles. The van der Waals surface area contributed by atoms with Gasteiger partial charge < -0.3 is 38.3 Å². The van der Waals surface area contributed by atoms with Crippen molar-refractivity contribution in [3.63, 3.8) is 0 Å². The first-order valence-electron chi connectivity index (χ1n) is 10.3. The van der Waals surface area contributed by atoms with Crippen LogP contribution in [0.2, 0.25) is 0 Å². The topological polar surface area (TPSA) is 153 Å². The summed E-state index contributed by atoms with van der Waals surface area (Å²) in [5.74, 6) is -2.19. The Kier molecular flexibility index (Phi) is 9.82. The number of hydrogen-bond donors (Lipinski definition) is 1. The van der Waals surface area contributed by atoms with E-state index in [-0.39, 0.29) is 19.4 Å². The molecule has 0 aliphatic carbocycles. The van der Waals surface area contributed by atoms with Gasteiger partial charge in [0.2, 0.25) is 0 Å². The van der Waals surface area contributed by atoms with Crippen LogP contribution in [-0.2, 0) is 52.3 Å². The standard InChI is InChI=1S/C20H30O12/c1-10(22)26-9-15-5-14(27-11(2)23)6-18(30-15)32-19-7-16(28-12(3)24)20(29-13(4)25)17(8-21)31-19/h14-21H,5-9H2,1-4H3/t14-,15-,16+,17+,18?,19+,20-/m0/s1. The molecule has 0 spiro atoms. The predicted molar refractivity (Wildman–Crippen MR) is 103 cm³/mol. The van der Waals surface area contributed by atoms with Gasteiger partial charge in [0.25, 0.3) is 0 Å². The Balaban J connectivity index is 2.09. The number of rotatable bonds is 8. The van der Waals surface area contributed by atoms with Crippen LogP contribution in [0.3, 0.4) is 0 Å². The summed E-state index contributed by atoms with van der Waals surface area (Å²) in [6.45, 7) is 4.36. The zero-order valence-corrected chi connectivity index (χ0v) is 18.5. The summed E-state index contributed by atoms with van der Waals surface area (Å²) in [6.07, 6.45) is -5.46. The lowest BCUT2D eigenvalue weighted by Crippen LogP contribution is -2.55. The van der Waals surface area contributed by atoms with Crippen molar-refractivity contribution in [3.05, 3.63) is 0 Å². The number of esters is 4. The average Bonchev–Trinajstić information content (AvgIpc) is 2.66. The summed E-state index contributed by atoms with van der Waals surface area (Å²) >= 11 is 0. The van der Waals surface area contributed by atoms with E-state index < -0.39 is 73.6 Å². The molecule has 0 aromatic carbocycles. The number of aliphatic hydroxyl groups excluding tert-OH is 1. The third-order valence-corrected chi connectivity index (χ3v) is 4.72. The van der Waals surface area contributed by atoms with E-state index in [1.807, 2.05) is 0 Å². The minimum atomic E-state index is -1.01. The summed E-state index contributed by atoms with van der Waals surface area (Å²) in [5, 5.41) is 9.71. The number of carbonyl (C=O) groups is 4. The summed E-state index contributed by atoms with van der Waals surface area (Å²) < 4.78 is 38.1. The Labute approximate surface area is 185 Å². The Morgan fingerprint density at radius 2 is 1.44 bits per heavy atom. The quantitative estimate of drug-likeness (QED) is 0.381. The fourth-order valence-corrected chi connectivity index (χ4v) is 3.63. The average molecular weight is 462 g/mol. The van der Waals surface area contributed by atoms with Crippen LogP contribution in [0.15, 0.2) is 0 Å². The van der Waals surface area contributed by atoms with Crippen molar-refractivity contribution in [1.29, 1.82) is 0 Å². The van der Waals surface area contributed by atoms with E-state index in [0.29, 0.717) is 6.42 Å². The summed E-state index contributed by atoms with van der Waals surface area (Å²) in [7, 11) is 0. The SMILES string of the molecule is CC(=O)OC[C@@H]1C[C@H](OC(C)=O)CC(O[C@@H]2C[C@@H](OC(C)=O)[C@H](OC(C)=O)[C@@H](CO)O2)O1. The summed E-state index contributed by atoms with van der Waals surface area (Å²) in [4.78, 5) is 45.5. The number of aliphatic hydroxyl groups is 1. The molecule has 0 saturated carbocycles. The monoisotopic (exact) mass is 462 g/mol. The molecule has 32 heavy (non-hydrogen) atoms. The van der Waals surface area contributed by atoms with Crippen LogP contribution in [0.25, 0.3) is 0 Å². The Bertz CT molecular complexity index is 679. The zero-order valence-electron chi connectivity index (χ0n) is 18.5. The lowest BCUT2D eigenvalue weighted by atomic mass is 10.0. The van der Waals surface area contributed by atoms with E-state index in [2.05, 4.69) is 0 Å². The second kappa shape index (κ2) is 12.1. The summed E-state index contributed by atoms with van der Waals surface area (Å²) in [5.41, 5.74) is 0. The highest BCUT2D eigenvalue weighted by Gasteiger charge is 2.45. The van der Waals surface area contributed by atoms with Gasteiger partial charge >= 0.3 is 23.9 Å². The Hall–Kier alpha value is -2.28. The number of hydrogen-bond acceptors (Lipinski definition) is 12. The van der Waals surface area contributed by atoms with E-state index in [1.165, 1.54) is 27.7 Å². The molecule has 12 nitrogen and oxygen atoms in total. The molecule has 2 heterocycles. The molecule has 2 fully saturated rings. The smallest absolute Gasteiger partial charge is 0.303 e. The van der Waals surface area contributed by atoms with Gasteiger partial charge in [0, 0.05) is 47.0 Å². The van der Waals surface area contributed by atoms with Gasteiger partial charge in [-0.1, -0.05) is 0 Å². The van der Waals surface area contributed by atoms with Gasteiger partial charge in [-0.15, -0.1) is 0 Å². The molecule has 0 aromatic rings. The van der Waals surface area contributed by atoms with Crippen LogP contribution in [0.1, 0.15) is 47.0 Å². The van der Waals surface area contributed by atoms with Gasteiger partial charge in [-0.05, 0) is 0 Å². The molecule has 0 bridgehead atoms. The molecule has 2 rings (SSSR count). The van der Waals surface area contributed by atoms with Crippen LogP contribution in [0.5, 0.6) is 0 Å². The maximum absolute atomic E-state index is 11.5. The van der Waals surface area contributed by atoms with E-state index in [0.717, 1.165) is 0 Å². The van der Waals surface area contributed by atoms with Gasteiger partial charge in [0.1, 0.15) is 24.9 Å². The van der Waals surface area contributed by atoms with Gasteiger partial charge in [-0.3, -0.25) is 19.2 Å². The van der Waals surface area contributed by atoms with Crippen LogP contribution in [0.4, 0.5) is 0 Å². The van der Waals surface area contributed by atoms with E-state index >= 15 is 0 Å². The van der Waals surface area contributed by atoms with Gasteiger partial charge in [0.05, 0.1) is 12.7 Å². The number of carbonyl (C=O) groups excluding carboxylic acids is 4. The number of ether oxygens (including phenoxy) is 7. The van der Waals surface area contributed by atoms with E-state index in [9.17, 15) is 24.3 Å². The lowest BCUT2D eigenvalue weighted by molar-refractivity contribution is -0.325. The minimum absolute atomic E-state index is 0.000726. The van der Waals surface area contributed by atoms with Crippen molar-refractivity contribution in [1.82, 2.24) is 0 Å². The van der Waals surface area contributed by atoms with Crippen molar-refractivity contribution in [2.24, 2.45) is 0 Å². The van der Waals surface area contributed by atoms with Gasteiger partial charge in [-0.25, -0.2) is 0 Å². The van der Waals surface area contributed by atoms with Crippen LogP contribution in [-0.4, -0.2) is 85.3 Å². The van der Waals surface area contributed by atoms with Crippen LogP contribution in [0, 0.1) is 0 Å². The maximum atomic E-state index is 11.5. The molecule has 1 N–H and O–H groups in total. The van der Waals surface area contributed by atoms with E-state index in [4.69, 9.17) is 33.2 Å². The van der Waals surface area contributed by atoms with Gasteiger partial charge in [0.15, 0.2) is 18.7 Å². The lowest BCUT2D eigenvalue weighted by Gasteiger charge is -2.42. The van der Waals surface area contributed by atoms with Crippen molar-refractivity contribution < 1.29 is 57.4 Å². The largest absolute Gasteiger partial charge is 0.463 e. The third kappa shape index (κ3) is 8.34. The first-order valence-corrected chi connectivity index (χ1v) is 10.3. The normalized spacial score (nSPS) is 32.5. The molecule has 2 saturated heterocycles. The van der Waals surface area contributed by atoms with E-state index in [1.54, 1.807) is 0 Å². The minimum Gasteiger partial charge on any atom is -0.463 e. The zero-order chi connectivity index (χ0) is 23.8. The first-order chi connectivity index (χ1) is 15.1. The molecular weight excluding hydrogens is 432 g/mol. The fourth-order valence-electron chi connectivity index (χ4n) is 3.63. The Morgan fingerprint density at radius 1 is 0.812 bits per heavy atom. The summed E-state index contributed by atoms with van der Waals surface area (Å²) in [6, 6.07) is 0. The molecule has 12 heteroatoms. The molecule has 1 unspecified atom stereocenters. The molecular formula is C20H30O12.